The van der Waals surface area contributed by atoms with Crippen LogP contribution in [0.1, 0.15) is 0 Å². The highest BCUT2D eigenvalue weighted by Crippen LogP contribution is 2.32. The number of hydrogen-bond acceptors (Lipinski definition) is 8. The molecule has 0 atom stereocenters. The molecule has 0 aromatic carbocycles. The maximum absolute atomic E-state index is 11.8. The second-order valence-corrected chi connectivity index (χ2v) is 9.18. The maximum atomic E-state index is 11.8. The number of rotatable bonds is 7. The number of aromatic nitrogens is 6. The van der Waals surface area contributed by atoms with Crippen molar-refractivity contribution in [1.29, 1.82) is 0 Å². The molecule has 1 aliphatic heterocycles. The van der Waals surface area contributed by atoms with Gasteiger partial charge in [0, 0.05) is 38.7 Å². The molecule has 4 heterocycles. The molecule has 0 unspecified atom stereocenters. The summed E-state index contributed by atoms with van der Waals surface area (Å²) in [4.78, 5) is 23.8. The Labute approximate surface area is 177 Å². The molecule has 31 heavy (non-hydrogen) atoms. The van der Waals surface area contributed by atoms with Crippen LogP contribution in [0.4, 0.5) is 5.95 Å². The first-order chi connectivity index (χ1) is 14.8. The average Bonchev–Trinajstić information content (AvgIpc) is 3.30. The van der Waals surface area contributed by atoms with Crippen LogP contribution < -0.4 is 5.32 Å². The van der Waals surface area contributed by atoms with Gasteiger partial charge in [0.2, 0.25) is 22.5 Å². The van der Waals surface area contributed by atoms with Gasteiger partial charge in [-0.1, -0.05) is 0 Å². The standard InChI is InChI=1S/C17H19N9O4S/c1-18-9-17(10-24(11-17)31(3,28)29)25-7-12(6-20-25)15-19-5-4-13-21-16(23-26(13)15)22-14(27)8-30-2/h4-7H,8-11H2,2-3H3,(H,22,23,27). The van der Waals surface area contributed by atoms with Crippen molar-refractivity contribution in [1.82, 2.24) is 33.7 Å². The molecule has 1 saturated heterocycles. The summed E-state index contributed by atoms with van der Waals surface area (Å²) < 4.78 is 32.7. The third kappa shape index (κ3) is 3.85. The number of sulfonamides is 1. The molecule has 1 N–H and O–H groups in total. The van der Waals surface area contributed by atoms with E-state index in [2.05, 4.69) is 30.3 Å². The molecule has 3 aromatic heterocycles. The predicted octanol–water partition coefficient (Wildman–Crippen LogP) is -0.538. The topological polar surface area (TPSA) is 141 Å². The molecule has 0 saturated carbocycles. The van der Waals surface area contributed by atoms with Crippen molar-refractivity contribution in [3.8, 4) is 11.4 Å². The molecular weight excluding hydrogens is 426 g/mol. The molecule has 0 radical (unpaired) electrons. The van der Waals surface area contributed by atoms with Gasteiger partial charge in [-0.25, -0.2) is 20.0 Å². The van der Waals surface area contributed by atoms with Gasteiger partial charge in [-0.3, -0.25) is 14.8 Å². The molecule has 0 aliphatic carbocycles. The molecule has 1 aliphatic rings. The Kier molecular flexibility index (Phi) is 5.17. The predicted molar refractivity (Wildman–Crippen MR) is 108 cm³/mol. The number of hydrogen-bond donors (Lipinski definition) is 1. The molecule has 162 valence electrons. The summed E-state index contributed by atoms with van der Waals surface area (Å²) in [5.41, 5.74) is 0.333. The molecule has 3 aromatic rings. The zero-order chi connectivity index (χ0) is 22.2. The van der Waals surface area contributed by atoms with E-state index in [9.17, 15) is 13.2 Å². The molecule has 13 nitrogen and oxygen atoms in total. The second kappa shape index (κ2) is 7.69. The fourth-order valence-corrected chi connectivity index (χ4v) is 4.32. The number of fused-ring (bicyclic) bond motifs is 1. The Morgan fingerprint density at radius 3 is 2.87 bits per heavy atom. The monoisotopic (exact) mass is 445 g/mol. The minimum atomic E-state index is -3.34. The van der Waals surface area contributed by atoms with Gasteiger partial charge in [0.1, 0.15) is 6.61 Å². The van der Waals surface area contributed by atoms with E-state index >= 15 is 0 Å². The lowest BCUT2D eigenvalue weighted by Gasteiger charge is -2.45. The van der Waals surface area contributed by atoms with Crippen LogP contribution in [0.15, 0.2) is 24.7 Å². The molecular formula is C17H19N9O4S. The van der Waals surface area contributed by atoms with Crippen LogP contribution in [-0.2, 0) is 25.1 Å². The summed E-state index contributed by atoms with van der Waals surface area (Å²) in [5.74, 6) is 0.152. The van der Waals surface area contributed by atoms with Gasteiger partial charge in [0.05, 0.1) is 18.0 Å². The van der Waals surface area contributed by atoms with Crippen LogP contribution in [0.3, 0.4) is 0 Å². The van der Waals surface area contributed by atoms with Crippen LogP contribution in [0.2, 0.25) is 0 Å². The quantitative estimate of drug-likeness (QED) is 0.478. The molecule has 1 fully saturated rings. The van der Waals surface area contributed by atoms with Gasteiger partial charge >= 0.3 is 0 Å². The first-order valence-electron chi connectivity index (χ1n) is 9.10. The first-order valence-corrected chi connectivity index (χ1v) is 10.9. The van der Waals surface area contributed by atoms with E-state index in [1.54, 1.807) is 29.3 Å². The summed E-state index contributed by atoms with van der Waals surface area (Å²) in [6.07, 6.45) is 5.97. The summed E-state index contributed by atoms with van der Waals surface area (Å²) in [5, 5.41) is 11.2. The Balaban J connectivity index is 1.65. The smallest absolute Gasteiger partial charge is 0.252 e. The second-order valence-electron chi connectivity index (χ2n) is 7.20. The highest BCUT2D eigenvalue weighted by molar-refractivity contribution is 7.88. The Bertz CT molecular complexity index is 1280. The fraction of sp³-hybridized carbons (Fsp3) is 0.412. The van der Waals surface area contributed by atoms with E-state index in [0.29, 0.717) is 17.0 Å². The highest BCUT2D eigenvalue weighted by Gasteiger charge is 2.52. The van der Waals surface area contributed by atoms with E-state index in [0.717, 1.165) is 6.26 Å². The normalized spacial score (nSPS) is 16.0. The van der Waals surface area contributed by atoms with Gasteiger partial charge in [0.15, 0.2) is 17.0 Å². The van der Waals surface area contributed by atoms with Gasteiger partial charge in [0.25, 0.3) is 5.91 Å². The number of nitrogens with one attached hydrogen (secondary N) is 1. The van der Waals surface area contributed by atoms with Crippen molar-refractivity contribution < 1.29 is 17.9 Å². The summed E-state index contributed by atoms with van der Waals surface area (Å²) in [6.45, 7) is 7.59. The van der Waals surface area contributed by atoms with Crippen LogP contribution in [-0.4, -0.2) is 87.6 Å². The minimum absolute atomic E-state index is 0.0940. The van der Waals surface area contributed by atoms with Crippen molar-refractivity contribution in [2.45, 2.75) is 5.54 Å². The van der Waals surface area contributed by atoms with E-state index < -0.39 is 15.6 Å². The lowest BCUT2D eigenvalue weighted by molar-refractivity contribution is -0.119. The summed E-state index contributed by atoms with van der Waals surface area (Å²) in [7, 11) is -1.93. The van der Waals surface area contributed by atoms with Crippen LogP contribution in [0.25, 0.3) is 21.9 Å². The lowest BCUT2D eigenvalue weighted by Crippen LogP contribution is -2.65. The Morgan fingerprint density at radius 1 is 1.42 bits per heavy atom. The van der Waals surface area contributed by atoms with Crippen LogP contribution in [0.5, 0.6) is 0 Å². The third-order valence-electron chi connectivity index (χ3n) is 4.89. The van der Waals surface area contributed by atoms with Gasteiger partial charge in [-0.2, -0.15) is 18.9 Å². The molecule has 4 rings (SSSR count). The zero-order valence-electron chi connectivity index (χ0n) is 16.8. The maximum Gasteiger partial charge on any atom is 0.252 e. The SMILES string of the molecule is [C-]#[N+]CC1(n2cc(-c3nccc4nc(NC(=O)COC)nn34)cn2)CN(S(C)(=O)=O)C1. The Morgan fingerprint density at radius 2 is 2.19 bits per heavy atom. The van der Waals surface area contributed by atoms with Crippen LogP contribution >= 0.6 is 0 Å². The lowest BCUT2D eigenvalue weighted by atomic mass is 9.93. The molecule has 1 amide bonds. The molecule has 0 spiro atoms. The number of nitrogens with zero attached hydrogens (tertiary/aromatic N) is 8. The van der Waals surface area contributed by atoms with Gasteiger partial charge in [-0.15, -0.1) is 5.10 Å². The largest absolute Gasteiger partial charge is 0.375 e. The summed E-state index contributed by atoms with van der Waals surface area (Å²) in [6, 6.07) is 1.64. The number of anilines is 1. The minimum Gasteiger partial charge on any atom is -0.375 e. The van der Waals surface area contributed by atoms with E-state index in [1.807, 2.05) is 0 Å². The van der Waals surface area contributed by atoms with Crippen molar-refractivity contribution in [2.24, 2.45) is 0 Å². The zero-order valence-corrected chi connectivity index (χ0v) is 17.6. The first kappa shape index (κ1) is 20.8. The van der Waals surface area contributed by atoms with Crippen molar-refractivity contribution in [3.05, 3.63) is 36.1 Å². The van der Waals surface area contributed by atoms with E-state index in [-0.39, 0.29) is 38.1 Å². The van der Waals surface area contributed by atoms with Crippen molar-refractivity contribution in [2.75, 3.05) is 44.9 Å². The van der Waals surface area contributed by atoms with Crippen LogP contribution in [0, 0.1) is 6.57 Å². The molecule has 0 bridgehead atoms. The van der Waals surface area contributed by atoms with E-state index in [4.69, 9.17) is 11.3 Å². The average molecular weight is 445 g/mol. The third-order valence-corrected chi connectivity index (χ3v) is 6.09. The number of ether oxygens (including phenoxy) is 1. The number of methoxy groups -OCH3 is 1. The summed E-state index contributed by atoms with van der Waals surface area (Å²) >= 11 is 0. The van der Waals surface area contributed by atoms with Gasteiger partial charge < -0.3 is 9.58 Å². The van der Waals surface area contributed by atoms with Crippen molar-refractivity contribution >= 4 is 27.5 Å². The number of carbonyl (C=O) groups excluding carboxylic acids is 1. The number of amides is 1. The van der Waals surface area contributed by atoms with Crippen molar-refractivity contribution in [3.63, 3.8) is 0 Å². The Hall–Kier alpha value is -3.41. The van der Waals surface area contributed by atoms with Gasteiger partial charge in [-0.05, 0) is 0 Å². The fourth-order valence-electron chi connectivity index (χ4n) is 3.37. The molecule has 14 heteroatoms. The number of carbonyl (C=O) groups is 1. The highest BCUT2D eigenvalue weighted by atomic mass is 32.2. The van der Waals surface area contributed by atoms with E-state index in [1.165, 1.54) is 15.9 Å².